The van der Waals surface area contributed by atoms with E-state index in [1.165, 1.54) is 12.1 Å². The van der Waals surface area contributed by atoms with Crippen LogP contribution in [-0.4, -0.2) is 32.4 Å². The Morgan fingerprint density at radius 1 is 1.32 bits per heavy atom. The fraction of sp³-hybridized carbons (Fsp3) is 0.538. The van der Waals surface area contributed by atoms with Crippen LogP contribution in [0.3, 0.4) is 0 Å². The van der Waals surface area contributed by atoms with Crippen molar-refractivity contribution in [2.24, 2.45) is 0 Å². The van der Waals surface area contributed by atoms with Crippen LogP contribution < -0.4 is 4.90 Å². The molecular formula is C13H18F3NO2. The number of nitrogens with zero attached hydrogens (tertiary/aromatic N) is 1. The molecule has 0 heterocycles. The van der Waals surface area contributed by atoms with E-state index in [-0.39, 0.29) is 11.3 Å². The van der Waals surface area contributed by atoms with Crippen molar-refractivity contribution in [1.82, 2.24) is 0 Å². The summed E-state index contributed by atoms with van der Waals surface area (Å²) in [6.45, 7) is 0.562. The first-order valence-corrected chi connectivity index (χ1v) is 5.91. The molecule has 19 heavy (non-hydrogen) atoms. The van der Waals surface area contributed by atoms with Crippen molar-refractivity contribution in [1.29, 1.82) is 0 Å². The summed E-state index contributed by atoms with van der Waals surface area (Å²) in [5, 5.41) is 8.93. The molecule has 3 nitrogen and oxygen atoms in total. The van der Waals surface area contributed by atoms with Crippen molar-refractivity contribution in [3.05, 3.63) is 29.3 Å². The second-order valence-electron chi connectivity index (χ2n) is 4.28. The Kier molecular flexibility index (Phi) is 5.62. The second-order valence-corrected chi connectivity index (χ2v) is 4.28. The first-order chi connectivity index (χ1) is 8.90. The molecule has 0 aromatic heterocycles. The molecule has 0 aliphatic heterocycles. The van der Waals surface area contributed by atoms with E-state index in [0.717, 1.165) is 6.07 Å². The van der Waals surface area contributed by atoms with Gasteiger partial charge in [0.05, 0.1) is 12.2 Å². The number of anilines is 1. The van der Waals surface area contributed by atoms with Crippen LogP contribution in [-0.2, 0) is 17.5 Å². The number of hydrogen-bond acceptors (Lipinski definition) is 3. The Hall–Kier alpha value is -1.27. The number of aliphatic hydroxyl groups excluding tert-OH is 1. The molecule has 0 spiro atoms. The number of hydrogen-bond donors (Lipinski definition) is 1. The molecule has 0 saturated heterocycles. The minimum atomic E-state index is -4.43. The van der Waals surface area contributed by atoms with Crippen LogP contribution >= 0.6 is 0 Å². The van der Waals surface area contributed by atoms with Crippen molar-refractivity contribution in [3.63, 3.8) is 0 Å². The molecule has 0 bridgehead atoms. The van der Waals surface area contributed by atoms with Gasteiger partial charge in [0.25, 0.3) is 0 Å². The van der Waals surface area contributed by atoms with Crippen LogP contribution in [0, 0.1) is 0 Å². The molecule has 0 aliphatic carbocycles. The first-order valence-electron chi connectivity index (χ1n) is 5.91. The van der Waals surface area contributed by atoms with E-state index in [0.29, 0.717) is 19.6 Å². The molecule has 0 radical (unpaired) electrons. The zero-order valence-electron chi connectivity index (χ0n) is 11.0. The minimum Gasteiger partial charge on any atom is -0.392 e. The van der Waals surface area contributed by atoms with E-state index in [2.05, 4.69) is 0 Å². The summed E-state index contributed by atoms with van der Waals surface area (Å²) in [7, 11) is 3.16. The maximum atomic E-state index is 13.0. The molecule has 0 fully saturated rings. The lowest BCUT2D eigenvalue weighted by Gasteiger charge is -2.24. The van der Waals surface area contributed by atoms with Crippen LogP contribution in [0.25, 0.3) is 0 Å². The second kappa shape index (κ2) is 6.77. The zero-order valence-corrected chi connectivity index (χ0v) is 11.0. The number of methoxy groups -OCH3 is 1. The average molecular weight is 277 g/mol. The lowest BCUT2D eigenvalue weighted by atomic mass is 10.1. The Labute approximate surface area is 110 Å². The van der Waals surface area contributed by atoms with Gasteiger partial charge in [-0.15, -0.1) is 0 Å². The Morgan fingerprint density at radius 3 is 2.53 bits per heavy atom. The van der Waals surface area contributed by atoms with E-state index in [9.17, 15) is 13.2 Å². The summed E-state index contributed by atoms with van der Waals surface area (Å²) >= 11 is 0. The smallest absolute Gasteiger partial charge is 0.392 e. The summed E-state index contributed by atoms with van der Waals surface area (Å²) in [4.78, 5) is 1.54. The normalized spacial score (nSPS) is 11.7. The highest BCUT2D eigenvalue weighted by atomic mass is 19.4. The fourth-order valence-electron chi connectivity index (χ4n) is 1.81. The van der Waals surface area contributed by atoms with Gasteiger partial charge in [0.2, 0.25) is 0 Å². The molecule has 108 valence electrons. The summed E-state index contributed by atoms with van der Waals surface area (Å²) in [6.07, 6.45) is -3.79. The Bertz CT molecular complexity index is 407. The molecule has 0 atom stereocenters. The molecule has 0 amide bonds. The summed E-state index contributed by atoms with van der Waals surface area (Å²) in [5.74, 6) is 0. The van der Waals surface area contributed by atoms with Crippen molar-refractivity contribution >= 4 is 5.69 Å². The van der Waals surface area contributed by atoms with Gasteiger partial charge in [-0.3, -0.25) is 0 Å². The predicted octanol–water partition coefficient (Wildman–Crippen LogP) is 2.67. The first kappa shape index (κ1) is 15.8. The van der Waals surface area contributed by atoms with Crippen LogP contribution in [0.4, 0.5) is 18.9 Å². The van der Waals surface area contributed by atoms with Gasteiger partial charge < -0.3 is 14.7 Å². The number of aliphatic hydroxyl groups is 1. The fourth-order valence-corrected chi connectivity index (χ4v) is 1.81. The molecule has 1 aromatic carbocycles. The molecular weight excluding hydrogens is 259 g/mol. The maximum Gasteiger partial charge on any atom is 0.418 e. The highest BCUT2D eigenvalue weighted by Crippen LogP contribution is 2.37. The van der Waals surface area contributed by atoms with E-state index in [1.54, 1.807) is 19.1 Å². The minimum absolute atomic E-state index is 0.112. The lowest BCUT2D eigenvalue weighted by molar-refractivity contribution is -0.137. The van der Waals surface area contributed by atoms with Gasteiger partial charge in [0.15, 0.2) is 0 Å². The molecule has 1 aromatic rings. The molecule has 0 unspecified atom stereocenters. The van der Waals surface area contributed by atoms with Crippen molar-refractivity contribution < 1.29 is 23.0 Å². The number of benzene rings is 1. The number of ether oxygens (including phenoxy) is 1. The molecule has 1 N–H and O–H groups in total. The number of rotatable bonds is 6. The molecule has 1 rings (SSSR count). The van der Waals surface area contributed by atoms with Crippen LogP contribution in [0.2, 0.25) is 0 Å². The third kappa shape index (κ3) is 4.40. The molecule has 0 saturated carbocycles. The summed E-state index contributed by atoms with van der Waals surface area (Å²) < 4.78 is 43.8. The van der Waals surface area contributed by atoms with Gasteiger partial charge >= 0.3 is 6.18 Å². The van der Waals surface area contributed by atoms with E-state index in [4.69, 9.17) is 9.84 Å². The van der Waals surface area contributed by atoms with E-state index in [1.807, 2.05) is 0 Å². The van der Waals surface area contributed by atoms with Gasteiger partial charge in [-0.2, -0.15) is 13.2 Å². The van der Waals surface area contributed by atoms with Crippen LogP contribution in [0.5, 0.6) is 0 Å². The monoisotopic (exact) mass is 277 g/mol. The highest BCUT2D eigenvalue weighted by Gasteiger charge is 2.34. The predicted molar refractivity (Wildman–Crippen MR) is 67.1 cm³/mol. The highest BCUT2D eigenvalue weighted by molar-refractivity contribution is 5.55. The van der Waals surface area contributed by atoms with E-state index >= 15 is 0 Å². The quantitative estimate of drug-likeness (QED) is 0.811. The Balaban J connectivity index is 2.98. The Morgan fingerprint density at radius 2 is 2.00 bits per heavy atom. The summed E-state index contributed by atoms with van der Waals surface area (Å²) in [5.41, 5.74) is -0.360. The van der Waals surface area contributed by atoms with Crippen molar-refractivity contribution in [2.75, 3.05) is 32.2 Å². The largest absolute Gasteiger partial charge is 0.418 e. The third-order valence-corrected chi connectivity index (χ3v) is 2.80. The van der Waals surface area contributed by atoms with Crippen molar-refractivity contribution in [3.8, 4) is 0 Å². The zero-order chi connectivity index (χ0) is 14.5. The number of alkyl halides is 3. The molecule has 0 aliphatic rings. The third-order valence-electron chi connectivity index (χ3n) is 2.80. The van der Waals surface area contributed by atoms with Gasteiger partial charge in [-0.25, -0.2) is 0 Å². The maximum absolute atomic E-state index is 13.0. The summed E-state index contributed by atoms with van der Waals surface area (Å²) in [6, 6.07) is 3.88. The lowest BCUT2D eigenvalue weighted by Crippen LogP contribution is -2.23. The van der Waals surface area contributed by atoms with Crippen LogP contribution in [0.15, 0.2) is 18.2 Å². The number of halogens is 3. The topological polar surface area (TPSA) is 32.7 Å². The molecule has 6 heteroatoms. The van der Waals surface area contributed by atoms with Gasteiger partial charge in [0, 0.05) is 33.0 Å². The SMILES string of the molecule is COCCCN(C)c1ccc(CO)cc1C(F)(F)F. The van der Waals surface area contributed by atoms with E-state index < -0.39 is 18.3 Å². The van der Waals surface area contributed by atoms with Crippen molar-refractivity contribution in [2.45, 2.75) is 19.2 Å². The van der Waals surface area contributed by atoms with Crippen LogP contribution in [0.1, 0.15) is 17.5 Å². The van der Waals surface area contributed by atoms with Gasteiger partial charge in [-0.05, 0) is 24.1 Å². The average Bonchev–Trinajstić information content (AvgIpc) is 2.37. The van der Waals surface area contributed by atoms with Gasteiger partial charge in [0.1, 0.15) is 0 Å². The standard InChI is InChI=1S/C13H18F3NO2/c1-17(6-3-7-19-2)12-5-4-10(9-18)8-11(12)13(14,15)16/h4-5,8,18H,3,6-7,9H2,1-2H3. The van der Waals surface area contributed by atoms with Gasteiger partial charge in [-0.1, -0.05) is 6.07 Å².